The normalized spacial score (nSPS) is 10.6. The third-order valence-electron chi connectivity index (χ3n) is 3.08. The topological polar surface area (TPSA) is 59.5 Å². The molecule has 3 rings (SSSR count). The van der Waals surface area contributed by atoms with Gasteiger partial charge in [0.25, 0.3) is 0 Å². The van der Waals surface area contributed by atoms with Crippen LogP contribution in [0.1, 0.15) is 0 Å². The molecule has 0 aliphatic heterocycles. The molecule has 0 aliphatic rings. The summed E-state index contributed by atoms with van der Waals surface area (Å²) < 4.78 is 10.4. The molecule has 0 saturated heterocycles. The summed E-state index contributed by atoms with van der Waals surface area (Å²) in [6.45, 7) is 0. The van der Waals surface area contributed by atoms with Crippen LogP contribution in [0.2, 0.25) is 0 Å². The Bertz CT molecular complexity index is 787. The van der Waals surface area contributed by atoms with E-state index in [1.165, 1.54) is 12.3 Å². The van der Waals surface area contributed by atoms with Crippen molar-refractivity contribution in [1.29, 1.82) is 0 Å². The molecule has 106 valence electrons. The lowest BCUT2D eigenvalue weighted by Gasteiger charge is -2.12. The average Bonchev–Trinajstić information content (AvgIpc) is 3.01. The van der Waals surface area contributed by atoms with E-state index in [4.69, 9.17) is 8.83 Å². The largest absolute Gasteiger partial charge is 0.463 e. The fraction of sp³-hybridized carbons (Fsp3) is 0.125. The van der Waals surface area contributed by atoms with Crippen LogP contribution in [0.25, 0.3) is 22.9 Å². The van der Waals surface area contributed by atoms with Crippen molar-refractivity contribution in [3.8, 4) is 22.9 Å². The molecule has 1 aromatic carbocycles. The van der Waals surface area contributed by atoms with Gasteiger partial charge in [0.2, 0.25) is 5.89 Å². The maximum absolute atomic E-state index is 11.7. The summed E-state index contributed by atoms with van der Waals surface area (Å²) in [6.07, 6.45) is 1.54. The van der Waals surface area contributed by atoms with Crippen LogP contribution < -0.4 is 10.5 Å². The number of aromatic nitrogens is 1. The van der Waals surface area contributed by atoms with E-state index in [0.29, 0.717) is 11.5 Å². The van der Waals surface area contributed by atoms with Crippen molar-refractivity contribution >= 4 is 5.69 Å². The second-order valence-corrected chi connectivity index (χ2v) is 4.79. The first-order valence-electron chi connectivity index (χ1n) is 6.47. The number of anilines is 1. The highest BCUT2D eigenvalue weighted by molar-refractivity contribution is 5.61. The Labute approximate surface area is 121 Å². The van der Waals surface area contributed by atoms with Gasteiger partial charge in [-0.05, 0) is 36.4 Å². The Kier molecular flexibility index (Phi) is 3.31. The molecule has 0 saturated carbocycles. The third kappa shape index (κ3) is 2.72. The maximum atomic E-state index is 11.7. The Balaban J connectivity index is 2.04. The Hall–Kier alpha value is -2.82. The van der Waals surface area contributed by atoms with Gasteiger partial charge in [-0.3, -0.25) is 0 Å². The number of benzene rings is 1. The molecular weight excluding hydrogens is 268 g/mol. The van der Waals surface area contributed by atoms with E-state index in [1.54, 1.807) is 12.1 Å². The van der Waals surface area contributed by atoms with Crippen LogP contribution >= 0.6 is 0 Å². The van der Waals surface area contributed by atoms with Gasteiger partial charge in [-0.1, -0.05) is 0 Å². The van der Waals surface area contributed by atoms with Crippen molar-refractivity contribution in [3.05, 3.63) is 59.1 Å². The number of furan rings is 1. The lowest BCUT2D eigenvalue weighted by molar-refractivity contribution is 0.505. The lowest BCUT2D eigenvalue weighted by atomic mass is 10.2. The number of hydrogen-bond donors (Lipinski definition) is 0. The van der Waals surface area contributed by atoms with Crippen LogP contribution in [0.3, 0.4) is 0 Å². The minimum atomic E-state index is -0.455. The van der Waals surface area contributed by atoms with Gasteiger partial charge in [0, 0.05) is 25.3 Å². The molecule has 0 N–H and O–H groups in total. The number of nitrogens with zero attached hydrogens (tertiary/aromatic N) is 2. The third-order valence-corrected chi connectivity index (χ3v) is 3.08. The molecule has 0 aliphatic carbocycles. The van der Waals surface area contributed by atoms with E-state index in [2.05, 4.69) is 4.98 Å². The Morgan fingerprint density at radius 1 is 1.10 bits per heavy atom. The number of rotatable bonds is 3. The van der Waals surface area contributed by atoms with Crippen molar-refractivity contribution in [2.45, 2.75) is 0 Å². The second-order valence-electron chi connectivity index (χ2n) is 4.79. The van der Waals surface area contributed by atoms with Crippen LogP contribution in [-0.2, 0) is 0 Å². The van der Waals surface area contributed by atoms with E-state index in [-0.39, 0.29) is 5.89 Å². The molecular formula is C16H14N2O3. The predicted molar refractivity (Wildman–Crippen MR) is 80.2 cm³/mol. The SMILES string of the molecule is CN(C)c1ccc(-c2nc(-c3ccco3)cc(=O)o2)cc1. The first kappa shape index (κ1) is 13.2. The van der Waals surface area contributed by atoms with Gasteiger partial charge in [0.05, 0.1) is 12.3 Å². The first-order valence-corrected chi connectivity index (χ1v) is 6.47. The van der Waals surface area contributed by atoms with Gasteiger partial charge in [-0.15, -0.1) is 0 Å². The molecule has 2 heterocycles. The summed E-state index contributed by atoms with van der Waals surface area (Å²) in [4.78, 5) is 18.0. The average molecular weight is 282 g/mol. The van der Waals surface area contributed by atoms with Gasteiger partial charge in [-0.25, -0.2) is 9.78 Å². The zero-order chi connectivity index (χ0) is 14.8. The molecule has 0 spiro atoms. The molecule has 3 aromatic rings. The predicted octanol–water partition coefficient (Wildman–Crippen LogP) is 3.03. The minimum Gasteiger partial charge on any atom is -0.463 e. The van der Waals surface area contributed by atoms with Crippen molar-refractivity contribution in [3.63, 3.8) is 0 Å². The zero-order valence-electron chi connectivity index (χ0n) is 11.7. The lowest BCUT2D eigenvalue weighted by Crippen LogP contribution is -2.08. The smallest absolute Gasteiger partial charge is 0.339 e. The molecule has 2 aromatic heterocycles. The van der Waals surface area contributed by atoms with Crippen molar-refractivity contribution in [2.75, 3.05) is 19.0 Å². The van der Waals surface area contributed by atoms with Crippen LogP contribution in [0.15, 0.2) is 62.4 Å². The maximum Gasteiger partial charge on any atom is 0.339 e. The van der Waals surface area contributed by atoms with E-state index < -0.39 is 5.63 Å². The highest BCUT2D eigenvalue weighted by Crippen LogP contribution is 2.23. The summed E-state index contributed by atoms with van der Waals surface area (Å²) >= 11 is 0. The molecule has 0 unspecified atom stereocenters. The van der Waals surface area contributed by atoms with Gasteiger partial charge in [-0.2, -0.15) is 0 Å². The van der Waals surface area contributed by atoms with E-state index >= 15 is 0 Å². The highest BCUT2D eigenvalue weighted by Gasteiger charge is 2.10. The molecule has 0 amide bonds. The second kappa shape index (κ2) is 5.28. The quantitative estimate of drug-likeness (QED) is 0.739. The van der Waals surface area contributed by atoms with Crippen molar-refractivity contribution < 1.29 is 8.83 Å². The molecule has 0 radical (unpaired) electrons. The Morgan fingerprint density at radius 3 is 2.48 bits per heavy atom. The van der Waals surface area contributed by atoms with Crippen molar-refractivity contribution in [2.24, 2.45) is 0 Å². The van der Waals surface area contributed by atoms with Gasteiger partial charge in [0.15, 0.2) is 5.76 Å². The molecule has 0 fully saturated rings. The van der Waals surface area contributed by atoms with Gasteiger partial charge in [0.1, 0.15) is 5.69 Å². The minimum absolute atomic E-state index is 0.277. The Morgan fingerprint density at radius 2 is 1.86 bits per heavy atom. The summed E-state index contributed by atoms with van der Waals surface area (Å²) in [6, 6.07) is 12.4. The number of hydrogen-bond acceptors (Lipinski definition) is 5. The summed E-state index contributed by atoms with van der Waals surface area (Å²) in [5.74, 6) is 0.813. The summed E-state index contributed by atoms with van der Waals surface area (Å²) in [5.41, 5.74) is 1.81. The fourth-order valence-corrected chi connectivity index (χ4v) is 1.98. The molecule has 0 atom stereocenters. The summed E-state index contributed by atoms with van der Waals surface area (Å²) in [5, 5.41) is 0. The molecule has 0 bridgehead atoms. The first-order chi connectivity index (χ1) is 10.1. The van der Waals surface area contributed by atoms with Gasteiger partial charge < -0.3 is 13.7 Å². The van der Waals surface area contributed by atoms with Crippen LogP contribution in [0.5, 0.6) is 0 Å². The monoisotopic (exact) mass is 282 g/mol. The zero-order valence-corrected chi connectivity index (χ0v) is 11.7. The standard InChI is InChI=1S/C16H14N2O3/c1-18(2)12-7-5-11(6-8-12)16-17-13(10-15(19)21-16)14-4-3-9-20-14/h3-10H,1-2H3. The highest BCUT2D eigenvalue weighted by atomic mass is 16.4. The fourth-order valence-electron chi connectivity index (χ4n) is 1.98. The molecule has 5 heteroatoms. The van der Waals surface area contributed by atoms with Crippen molar-refractivity contribution in [1.82, 2.24) is 4.98 Å². The van der Waals surface area contributed by atoms with E-state index in [1.807, 2.05) is 43.3 Å². The molecule has 5 nitrogen and oxygen atoms in total. The van der Waals surface area contributed by atoms with Crippen LogP contribution in [0.4, 0.5) is 5.69 Å². The van der Waals surface area contributed by atoms with Crippen LogP contribution in [-0.4, -0.2) is 19.1 Å². The van der Waals surface area contributed by atoms with E-state index in [9.17, 15) is 4.79 Å². The van der Waals surface area contributed by atoms with E-state index in [0.717, 1.165) is 11.3 Å². The summed E-state index contributed by atoms with van der Waals surface area (Å²) in [7, 11) is 3.93. The molecule has 21 heavy (non-hydrogen) atoms. The van der Waals surface area contributed by atoms with Crippen LogP contribution in [0, 0.1) is 0 Å². The van der Waals surface area contributed by atoms with Gasteiger partial charge >= 0.3 is 5.63 Å².